The van der Waals surface area contributed by atoms with E-state index >= 15 is 0 Å². The molecule has 0 saturated carbocycles. The maximum absolute atomic E-state index is 11.0. The van der Waals surface area contributed by atoms with Crippen LogP contribution in [-0.4, -0.2) is 27.8 Å². The molecule has 20 heavy (non-hydrogen) atoms. The molecule has 1 aromatic heterocycles. The fourth-order valence-corrected chi connectivity index (χ4v) is 4.03. The first-order chi connectivity index (χ1) is 9.72. The lowest BCUT2D eigenvalue weighted by Gasteiger charge is -2.37. The molecule has 2 aromatic rings. The Bertz CT molecular complexity index is 622. The minimum atomic E-state index is -0.567. The monoisotopic (exact) mass is 268 g/mol. The number of benzene rings is 1. The van der Waals surface area contributed by atoms with Gasteiger partial charge in [-0.1, -0.05) is 24.3 Å². The number of aliphatic hydroxyl groups is 1. The summed E-state index contributed by atoms with van der Waals surface area (Å²) in [5.41, 5.74) is 1.64. The summed E-state index contributed by atoms with van der Waals surface area (Å²) in [6.07, 6.45) is 6.71. The molecule has 4 rings (SSSR count). The molecule has 2 bridgehead atoms. The lowest BCUT2D eigenvalue weighted by molar-refractivity contribution is -0.00585. The Kier molecular flexibility index (Phi) is 2.79. The number of para-hydroxylation sites is 1. The summed E-state index contributed by atoms with van der Waals surface area (Å²) in [4.78, 5) is 4.50. The van der Waals surface area contributed by atoms with Crippen molar-refractivity contribution in [3.05, 3.63) is 42.1 Å². The zero-order valence-corrected chi connectivity index (χ0v) is 11.5. The zero-order valence-electron chi connectivity index (χ0n) is 11.5. The number of aromatic nitrogens is 1. The molecule has 0 radical (unpaired) electrons. The van der Waals surface area contributed by atoms with E-state index in [-0.39, 0.29) is 0 Å². The highest BCUT2D eigenvalue weighted by Crippen LogP contribution is 2.36. The van der Waals surface area contributed by atoms with Gasteiger partial charge in [0.2, 0.25) is 0 Å². The van der Waals surface area contributed by atoms with Crippen LogP contribution in [0.3, 0.4) is 0 Å². The molecule has 3 nitrogen and oxygen atoms in total. The van der Waals surface area contributed by atoms with E-state index in [0.717, 1.165) is 30.2 Å². The predicted molar refractivity (Wildman–Crippen MR) is 79.6 cm³/mol. The van der Waals surface area contributed by atoms with Gasteiger partial charge in [0.15, 0.2) is 0 Å². The number of fused-ring (bicyclic) bond motifs is 3. The summed E-state index contributed by atoms with van der Waals surface area (Å²) >= 11 is 0. The van der Waals surface area contributed by atoms with E-state index in [2.05, 4.69) is 34.6 Å². The second-order valence-corrected chi connectivity index (χ2v) is 6.44. The number of pyridine rings is 1. The van der Waals surface area contributed by atoms with Crippen LogP contribution in [-0.2, 0) is 6.42 Å². The third-order valence-corrected chi connectivity index (χ3v) is 4.82. The average molecular weight is 268 g/mol. The van der Waals surface area contributed by atoms with Crippen molar-refractivity contribution in [3.8, 4) is 0 Å². The molecule has 2 aliphatic heterocycles. The van der Waals surface area contributed by atoms with Crippen LogP contribution in [0.2, 0.25) is 0 Å². The van der Waals surface area contributed by atoms with Crippen molar-refractivity contribution >= 4 is 10.9 Å². The van der Waals surface area contributed by atoms with Gasteiger partial charge in [-0.25, -0.2) is 0 Å². The van der Waals surface area contributed by atoms with Crippen LogP contribution < -0.4 is 5.32 Å². The number of nitrogens with zero attached hydrogens (tertiary/aromatic N) is 1. The summed E-state index contributed by atoms with van der Waals surface area (Å²) in [6, 6.07) is 11.3. The van der Waals surface area contributed by atoms with Crippen molar-refractivity contribution in [2.45, 2.75) is 49.8 Å². The first kappa shape index (κ1) is 12.3. The molecule has 2 N–H and O–H groups in total. The third kappa shape index (κ3) is 2.11. The van der Waals surface area contributed by atoms with E-state index < -0.39 is 5.60 Å². The Balaban J connectivity index is 1.67. The van der Waals surface area contributed by atoms with E-state index in [1.807, 2.05) is 12.3 Å². The normalized spacial score (nSPS) is 32.6. The maximum Gasteiger partial charge on any atom is 0.0734 e. The van der Waals surface area contributed by atoms with Crippen LogP contribution in [0.15, 0.2) is 36.5 Å². The van der Waals surface area contributed by atoms with Crippen LogP contribution in [0, 0.1) is 0 Å². The Labute approximate surface area is 119 Å². The summed E-state index contributed by atoms with van der Waals surface area (Å²) in [7, 11) is 0. The van der Waals surface area contributed by atoms with E-state index in [1.54, 1.807) is 0 Å². The molecule has 0 aliphatic carbocycles. The van der Waals surface area contributed by atoms with Crippen molar-refractivity contribution in [3.63, 3.8) is 0 Å². The molecule has 2 saturated heterocycles. The van der Waals surface area contributed by atoms with Gasteiger partial charge >= 0.3 is 0 Å². The average Bonchev–Trinajstić information content (AvgIpc) is 2.79. The summed E-state index contributed by atoms with van der Waals surface area (Å²) < 4.78 is 0. The second kappa shape index (κ2) is 4.54. The standard InChI is InChI=1S/C17H20N2O/c20-17(10-14-6-7-15(11-17)19-14)9-13-4-1-3-12-5-2-8-18-16(12)13/h1-5,8,14-15,19-20H,6-7,9-11H2. The fourth-order valence-electron chi connectivity index (χ4n) is 4.03. The van der Waals surface area contributed by atoms with Crippen molar-refractivity contribution < 1.29 is 5.11 Å². The predicted octanol–water partition coefficient (Wildman–Crippen LogP) is 2.42. The molecule has 0 amide bonds. The highest BCUT2D eigenvalue weighted by atomic mass is 16.3. The van der Waals surface area contributed by atoms with Crippen LogP contribution in [0.5, 0.6) is 0 Å². The van der Waals surface area contributed by atoms with Crippen LogP contribution in [0.1, 0.15) is 31.2 Å². The molecule has 1 aromatic carbocycles. The van der Waals surface area contributed by atoms with Crippen molar-refractivity contribution in [1.29, 1.82) is 0 Å². The molecule has 2 atom stereocenters. The first-order valence-electron chi connectivity index (χ1n) is 7.53. The number of hydrogen-bond donors (Lipinski definition) is 2. The molecule has 0 spiro atoms. The fraction of sp³-hybridized carbons (Fsp3) is 0.471. The largest absolute Gasteiger partial charge is 0.389 e. The highest BCUT2D eigenvalue weighted by molar-refractivity contribution is 5.81. The van der Waals surface area contributed by atoms with Crippen LogP contribution >= 0.6 is 0 Å². The van der Waals surface area contributed by atoms with Gasteiger partial charge in [-0.05, 0) is 37.3 Å². The molecule has 3 heteroatoms. The van der Waals surface area contributed by atoms with Crippen molar-refractivity contribution in [2.24, 2.45) is 0 Å². The van der Waals surface area contributed by atoms with Crippen molar-refractivity contribution in [2.75, 3.05) is 0 Å². The Hall–Kier alpha value is -1.45. The van der Waals surface area contributed by atoms with E-state index in [9.17, 15) is 5.11 Å². The van der Waals surface area contributed by atoms with E-state index in [0.29, 0.717) is 12.1 Å². The second-order valence-electron chi connectivity index (χ2n) is 6.44. The Morgan fingerprint density at radius 3 is 2.70 bits per heavy atom. The molecular weight excluding hydrogens is 248 g/mol. The minimum Gasteiger partial charge on any atom is -0.389 e. The third-order valence-electron chi connectivity index (χ3n) is 4.82. The number of piperidine rings is 1. The zero-order chi connectivity index (χ0) is 13.6. The minimum absolute atomic E-state index is 0.502. The number of hydrogen-bond acceptors (Lipinski definition) is 3. The molecule has 2 aliphatic rings. The van der Waals surface area contributed by atoms with E-state index in [4.69, 9.17) is 0 Å². The molecule has 2 fully saturated rings. The van der Waals surface area contributed by atoms with Gasteiger partial charge in [-0.3, -0.25) is 4.98 Å². The van der Waals surface area contributed by atoms with Gasteiger partial charge in [0.05, 0.1) is 11.1 Å². The SMILES string of the molecule is OC1(Cc2cccc3cccnc23)CC2CCC(C1)N2. The lowest BCUT2D eigenvalue weighted by Crippen LogP contribution is -2.49. The molecule has 2 unspecified atom stereocenters. The smallest absolute Gasteiger partial charge is 0.0734 e. The maximum atomic E-state index is 11.0. The van der Waals surface area contributed by atoms with Gasteiger partial charge in [0.25, 0.3) is 0 Å². The summed E-state index contributed by atoms with van der Waals surface area (Å²) in [5.74, 6) is 0. The summed E-state index contributed by atoms with van der Waals surface area (Å²) in [5, 5.41) is 15.7. The highest BCUT2D eigenvalue weighted by Gasteiger charge is 2.42. The molecular formula is C17H20N2O. The Morgan fingerprint density at radius 1 is 1.15 bits per heavy atom. The number of nitrogens with one attached hydrogen (secondary N) is 1. The van der Waals surface area contributed by atoms with Gasteiger partial charge in [-0.2, -0.15) is 0 Å². The van der Waals surface area contributed by atoms with Gasteiger partial charge in [0.1, 0.15) is 0 Å². The quantitative estimate of drug-likeness (QED) is 0.879. The van der Waals surface area contributed by atoms with Crippen LogP contribution in [0.4, 0.5) is 0 Å². The Morgan fingerprint density at radius 2 is 1.90 bits per heavy atom. The van der Waals surface area contributed by atoms with Gasteiger partial charge < -0.3 is 10.4 Å². The summed E-state index contributed by atoms with van der Waals surface area (Å²) in [6.45, 7) is 0. The molecule has 3 heterocycles. The molecule has 104 valence electrons. The lowest BCUT2D eigenvalue weighted by atomic mass is 9.82. The van der Waals surface area contributed by atoms with Gasteiger partial charge in [-0.15, -0.1) is 0 Å². The first-order valence-corrected chi connectivity index (χ1v) is 7.53. The van der Waals surface area contributed by atoms with Crippen LogP contribution in [0.25, 0.3) is 10.9 Å². The number of rotatable bonds is 2. The topological polar surface area (TPSA) is 45.2 Å². The van der Waals surface area contributed by atoms with Crippen molar-refractivity contribution in [1.82, 2.24) is 10.3 Å². The van der Waals surface area contributed by atoms with Gasteiger partial charge in [0, 0.05) is 30.1 Å². The van der Waals surface area contributed by atoms with E-state index in [1.165, 1.54) is 18.4 Å².